The smallest absolute Gasteiger partial charge is 0.211 e. The number of nitrogens with zero attached hydrogens (tertiary/aromatic N) is 3. The number of aromatic nitrogens is 3. The lowest BCUT2D eigenvalue weighted by molar-refractivity contribution is 0.0410. The summed E-state index contributed by atoms with van der Waals surface area (Å²) in [6.45, 7) is 3.46. The van der Waals surface area contributed by atoms with Gasteiger partial charge in [-0.05, 0) is 6.07 Å². The molecule has 94 valence electrons. The molecule has 3 N–H and O–H groups in total. The van der Waals surface area contributed by atoms with Crippen molar-refractivity contribution in [2.75, 3.05) is 5.73 Å². The van der Waals surface area contributed by atoms with Crippen molar-refractivity contribution in [1.29, 1.82) is 0 Å². The van der Waals surface area contributed by atoms with E-state index in [9.17, 15) is 9.50 Å². The quantitative estimate of drug-likeness (QED) is 0.780. The second kappa shape index (κ2) is 3.67. The topological polar surface area (TPSA) is 86.2 Å². The second-order valence-electron chi connectivity index (χ2n) is 4.08. The van der Waals surface area contributed by atoms with Crippen molar-refractivity contribution in [3.8, 4) is 0 Å². The summed E-state index contributed by atoms with van der Waals surface area (Å²) in [5, 5.41) is 10.1. The van der Waals surface area contributed by atoms with Gasteiger partial charge in [-0.1, -0.05) is 6.58 Å². The van der Waals surface area contributed by atoms with E-state index in [-0.39, 0.29) is 5.76 Å². The van der Waals surface area contributed by atoms with Gasteiger partial charge in [-0.3, -0.25) is 4.57 Å². The Bertz CT molecular complexity index is 627. The van der Waals surface area contributed by atoms with Gasteiger partial charge in [0.2, 0.25) is 6.23 Å². The maximum Gasteiger partial charge on any atom is 0.211 e. The fraction of sp³-hybridized carbons (Fsp3) is 0.273. The molecule has 0 bridgehead atoms. The van der Waals surface area contributed by atoms with E-state index in [0.717, 1.165) is 0 Å². The number of hydrogen-bond donors (Lipinski definition) is 2. The molecule has 18 heavy (non-hydrogen) atoms. The molecule has 0 unspecified atom stereocenters. The van der Waals surface area contributed by atoms with Crippen LogP contribution in [0, 0.1) is 0 Å². The van der Waals surface area contributed by atoms with Crippen LogP contribution >= 0.6 is 0 Å². The first-order valence-corrected chi connectivity index (χ1v) is 5.34. The number of ether oxygens (including phenoxy) is 1. The van der Waals surface area contributed by atoms with E-state index < -0.39 is 18.5 Å². The van der Waals surface area contributed by atoms with Crippen molar-refractivity contribution >= 4 is 16.9 Å². The third-order valence-electron chi connectivity index (χ3n) is 2.99. The first-order chi connectivity index (χ1) is 8.59. The van der Waals surface area contributed by atoms with Crippen LogP contribution in [0.5, 0.6) is 0 Å². The highest BCUT2D eigenvalue weighted by molar-refractivity contribution is 5.86. The van der Waals surface area contributed by atoms with Crippen LogP contribution in [0.4, 0.5) is 10.2 Å². The molecule has 1 aliphatic rings. The van der Waals surface area contributed by atoms with Crippen molar-refractivity contribution in [1.82, 2.24) is 14.5 Å². The zero-order chi connectivity index (χ0) is 12.9. The molecular weight excluding hydrogens is 239 g/mol. The summed E-state index contributed by atoms with van der Waals surface area (Å²) in [7, 11) is 0. The molecule has 1 saturated heterocycles. The predicted octanol–water partition coefficient (Wildman–Crippen LogP) is 0.755. The van der Waals surface area contributed by atoms with Crippen LogP contribution in [0.2, 0.25) is 0 Å². The molecule has 3 heterocycles. The number of nitrogens with two attached hydrogens (primary N) is 1. The summed E-state index contributed by atoms with van der Waals surface area (Å²) in [6.07, 6.45) is -1.02. The lowest BCUT2D eigenvalue weighted by Gasteiger charge is -2.15. The van der Waals surface area contributed by atoms with Crippen LogP contribution < -0.4 is 5.73 Å². The molecule has 1 fully saturated rings. The molecule has 0 aromatic carbocycles. The number of hydrogen-bond acceptors (Lipinski definition) is 5. The van der Waals surface area contributed by atoms with Crippen molar-refractivity contribution in [2.24, 2.45) is 0 Å². The van der Waals surface area contributed by atoms with Gasteiger partial charge < -0.3 is 15.6 Å². The molecule has 2 aromatic rings. The number of alkyl halides is 1. The Morgan fingerprint density at radius 1 is 1.50 bits per heavy atom. The highest BCUT2D eigenvalue weighted by Gasteiger charge is 2.42. The van der Waals surface area contributed by atoms with Gasteiger partial charge in [-0.25, -0.2) is 14.4 Å². The van der Waals surface area contributed by atoms with Crippen molar-refractivity contribution in [2.45, 2.75) is 18.5 Å². The zero-order valence-corrected chi connectivity index (χ0v) is 9.32. The normalized spacial score (nSPS) is 27.7. The molecule has 3 rings (SSSR count). The van der Waals surface area contributed by atoms with Gasteiger partial charge in [0.15, 0.2) is 6.17 Å². The van der Waals surface area contributed by atoms with Gasteiger partial charge in [-0.2, -0.15) is 0 Å². The van der Waals surface area contributed by atoms with Crippen LogP contribution in [-0.2, 0) is 4.74 Å². The van der Waals surface area contributed by atoms with Crippen LogP contribution in [0.25, 0.3) is 11.0 Å². The highest BCUT2D eigenvalue weighted by atomic mass is 19.1. The summed E-state index contributed by atoms with van der Waals surface area (Å²) < 4.78 is 20.6. The van der Waals surface area contributed by atoms with Gasteiger partial charge in [0.25, 0.3) is 0 Å². The Balaban J connectivity index is 2.11. The zero-order valence-electron chi connectivity index (χ0n) is 9.32. The summed E-state index contributed by atoms with van der Waals surface area (Å²) >= 11 is 0. The third kappa shape index (κ3) is 1.37. The molecule has 0 saturated carbocycles. The van der Waals surface area contributed by atoms with Crippen molar-refractivity contribution < 1.29 is 14.2 Å². The monoisotopic (exact) mass is 250 g/mol. The summed E-state index contributed by atoms with van der Waals surface area (Å²) in [5.74, 6) is 0.322. The van der Waals surface area contributed by atoms with E-state index in [1.54, 1.807) is 12.3 Å². The largest absolute Gasteiger partial charge is 0.469 e. The number of aliphatic hydroxyl groups is 1. The van der Waals surface area contributed by atoms with Crippen molar-refractivity contribution in [3.63, 3.8) is 0 Å². The molecule has 1 aliphatic heterocycles. The number of aliphatic hydroxyl groups excluding tert-OH is 1. The summed E-state index contributed by atoms with van der Waals surface area (Å²) in [5.41, 5.74) is 6.15. The molecule has 2 aromatic heterocycles. The van der Waals surface area contributed by atoms with E-state index >= 15 is 0 Å². The number of fused-ring (bicyclic) bond motifs is 1. The van der Waals surface area contributed by atoms with Gasteiger partial charge in [0.1, 0.15) is 29.7 Å². The average molecular weight is 250 g/mol. The minimum Gasteiger partial charge on any atom is -0.469 e. The summed E-state index contributed by atoms with van der Waals surface area (Å²) in [4.78, 5) is 7.89. The molecule has 3 atom stereocenters. The molecule has 7 heteroatoms. The average Bonchev–Trinajstić information content (AvgIpc) is 2.88. The Labute approximate surface area is 102 Å². The van der Waals surface area contributed by atoms with Gasteiger partial charge in [0.05, 0.1) is 5.39 Å². The fourth-order valence-corrected chi connectivity index (χ4v) is 2.03. The molecule has 0 spiro atoms. The lowest BCUT2D eigenvalue weighted by Crippen LogP contribution is -2.23. The first-order valence-electron chi connectivity index (χ1n) is 5.34. The summed E-state index contributed by atoms with van der Waals surface area (Å²) in [6, 6.07) is 1.67. The molecule has 0 aliphatic carbocycles. The Kier molecular flexibility index (Phi) is 2.24. The lowest BCUT2D eigenvalue weighted by atomic mass is 10.2. The van der Waals surface area contributed by atoms with E-state index in [0.29, 0.717) is 16.9 Å². The second-order valence-corrected chi connectivity index (χ2v) is 4.08. The minimum atomic E-state index is -1.59. The number of nitrogen functional groups attached to an aromatic ring is 1. The third-order valence-corrected chi connectivity index (χ3v) is 2.99. The number of anilines is 1. The number of halogens is 1. The van der Waals surface area contributed by atoms with Gasteiger partial charge in [-0.15, -0.1) is 0 Å². The van der Waals surface area contributed by atoms with Gasteiger partial charge in [0, 0.05) is 6.20 Å². The van der Waals surface area contributed by atoms with E-state index in [1.807, 2.05) is 0 Å². The Morgan fingerprint density at radius 3 is 2.94 bits per heavy atom. The number of rotatable bonds is 1. The van der Waals surface area contributed by atoms with Crippen LogP contribution in [-0.4, -0.2) is 31.9 Å². The molecular formula is C11H11FN4O2. The first kappa shape index (κ1) is 11.0. The highest BCUT2D eigenvalue weighted by Crippen LogP contribution is 2.35. The van der Waals surface area contributed by atoms with E-state index in [2.05, 4.69) is 16.5 Å². The Morgan fingerprint density at radius 2 is 2.28 bits per heavy atom. The van der Waals surface area contributed by atoms with Crippen molar-refractivity contribution in [3.05, 3.63) is 30.9 Å². The van der Waals surface area contributed by atoms with E-state index in [1.165, 1.54) is 10.9 Å². The van der Waals surface area contributed by atoms with Crippen LogP contribution in [0.15, 0.2) is 30.9 Å². The van der Waals surface area contributed by atoms with E-state index in [4.69, 9.17) is 10.5 Å². The predicted molar refractivity (Wildman–Crippen MR) is 62.1 cm³/mol. The maximum absolute atomic E-state index is 13.9. The standard InChI is InChI=1S/C11H11FN4O2/c1-5-8(17)7(12)11(18-5)16-3-2-6-9(13)14-4-15-10(6)16/h2-4,7-8,11,17H,1H2,(H2,13,14,15)/t7-,8+,11+/m0/s1. The molecule has 0 amide bonds. The molecule has 6 nitrogen and oxygen atoms in total. The fourth-order valence-electron chi connectivity index (χ4n) is 2.03. The Hall–Kier alpha value is -2.15. The van der Waals surface area contributed by atoms with Gasteiger partial charge >= 0.3 is 0 Å². The van der Waals surface area contributed by atoms with Crippen LogP contribution in [0.3, 0.4) is 0 Å². The molecule has 0 radical (unpaired) electrons. The maximum atomic E-state index is 13.9. The minimum absolute atomic E-state index is 0.0105. The van der Waals surface area contributed by atoms with Crippen LogP contribution in [0.1, 0.15) is 6.23 Å². The SMILES string of the molecule is C=C1O[C@@H](n2ccc3c(N)ncnc32)[C@@H](F)[C@@H]1O.